The molecule has 0 saturated carbocycles. The van der Waals surface area contributed by atoms with E-state index in [0.717, 1.165) is 5.56 Å². The second-order valence-corrected chi connectivity index (χ2v) is 6.62. The number of nitrogens with one attached hydrogen (secondary N) is 1. The summed E-state index contributed by atoms with van der Waals surface area (Å²) < 4.78 is 16.0. The number of aryl methyl sites for hydroxylation is 1. The minimum absolute atomic E-state index is 0.0579. The number of rotatable bonds is 8. The Bertz CT molecular complexity index is 969. The number of hydrogen-bond donors (Lipinski definition) is 1. The van der Waals surface area contributed by atoms with Crippen LogP contribution in [0.2, 0.25) is 0 Å². The maximum Gasteiger partial charge on any atom is 0.250 e. The van der Waals surface area contributed by atoms with Crippen molar-refractivity contribution in [3.8, 4) is 0 Å². The predicted molar refractivity (Wildman–Crippen MR) is 108 cm³/mol. The van der Waals surface area contributed by atoms with E-state index >= 15 is 0 Å². The zero-order valence-corrected chi connectivity index (χ0v) is 15.6. The average Bonchev–Trinajstić information content (AvgIpc) is 2.72. The van der Waals surface area contributed by atoms with Gasteiger partial charge in [0.1, 0.15) is 5.82 Å². The van der Waals surface area contributed by atoms with Crippen LogP contribution >= 0.6 is 0 Å². The molecule has 0 spiro atoms. The molecule has 1 aromatic heterocycles. The number of carbonyl (C=O) groups is 1. The van der Waals surface area contributed by atoms with E-state index < -0.39 is 0 Å². The van der Waals surface area contributed by atoms with Crippen LogP contribution in [0, 0.1) is 5.82 Å². The van der Waals surface area contributed by atoms with Gasteiger partial charge in [0.15, 0.2) is 0 Å². The largest absolute Gasteiger partial charge is 0.356 e. The fraction of sp³-hybridized carbons (Fsp3) is 0.217. The Morgan fingerprint density at radius 2 is 1.68 bits per heavy atom. The molecule has 0 aliphatic rings. The van der Waals surface area contributed by atoms with E-state index in [1.165, 1.54) is 12.1 Å². The molecule has 28 heavy (non-hydrogen) atoms. The van der Waals surface area contributed by atoms with Gasteiger partial charge in [-0.15, -0.1) is 0 Å². The molecule has 3 aromatic rings. The number of hydrogen-bond acceptors (Lipinski definition) is 2. The number of carbonyl (C=O) groups excluding carboxylic acids is 1. The minimum atomic E-state index is -0.348. The smallest absolute Gasteiger partial charge is 0.250 e. The molecule has 0 saturated heterocycles. The number of pyridine rings is 1. The molecule has 0 radical (unpaired) electrons. The van der Waals surface area contributed by atoms with Crippen molar-refractivity contribution in [3.63, 3.8) is 0 Å². The highest BCUT2D eigenvalue weighted by Gasteiger charge is 2.20. The fourth-order valence-electron chi connectivity index (χ4n) is 3.23. The summed E-state index contributed by atoms with van der Waals surface area (Å²) in [6.45, 7) is 0.994. The van der Waals surface area contributed by atoms with Crippen LogP contribution in [0.15, 0.2) is 83.8 Å². The molecule has 1 N–H and O–H groups in total. The van der Waals surface area contributed by atoms with E-state index in [0.29, 0.717) is 25.1 Å². The summed E-state index contributed by atoms with van der Waals surface area (Å²) >= 11 is 0. The molecule has 144 valence electrons. The first-order valence-corrected chi connectivity index (χ1v) is 9.36. The molecule has 0 bridgehead atoms. The average molecular weight is 378 g/mol. The SMILES string of the molecule is O=C(C[C@@H](c1ccccc1)c1ccccc1F)NCCCn1ccccc1=O. The Morgan fingerprint density at radius 3 is 2.43 bits per heavy atom. The topological polar surface area (TPSA) is 51.1 Å². The third-order valence-electron chi connectivity index (χ3n) is 4.67. The van der Waals surface area contributed by atoms with Crippen LogP contribution in [0.3, 0.4) is 0 Å². The van der Waals surface area contributed by atoms with Gasteiger partial charge in [-0.1, -0.05) is 54.6 Å². The summed E-state index contributed by atoms with van der Waals surface area (Å²) in [7, 11) is 0. The fourth-order valence-corrected chi connectivity index (χ4v) is 3.23. The van der Waals surface area contributed by atoms with Gasteiger partial charge in [0, 0.05) is 37.7 Å². The zero-order valence-electron chi connectivity index (χ0n) is 15.6. The van der Waals surface area contributed by atoms with E-state index in [9.17, 15) is 14.0 Å². The Kier molecular flexibility index (Phi) is 6.73. The number of nitrogens with zero attached hydrogens (tertiary/aromatic N) is 1. The van der Waals surface area contributed by atoms with Gasteiger partial charge in [-0.2, -0.15) is 0 Å². The van der Waals surface area contributed by atoms with Gasteiger partial charge in [-0.3, -0.25) is 9.59 Å². The van der Waals surface area contributed by atoms with Crippen LogP contribution < -0.4 is 10.9 Å². The van der Waals surface area contributed by atoms with E-state index in [4.69, 9.17) is 0 Å². The molecular weight excluding hydrogens is 355 g/mol. The molecule has 1 atom stereocenters. The van der Waals surface area contributed by atoms with Crippen LogP contribution in [0.25, 0.3) is 0 Å². The van der Waals surface area contributed by atoms with E-state index in [2.05, 4.69) is 5.32 Å². The van der Waals surface area contributed by atoms with Gasteiger partial charge < -0.3 is 9.88 Å². The lowest BCUT2D eigenvalue weighted by molar-refractivity contribution is -0.121. The monoisotopic (exact) mass is 378 g/mol. The summed E-state index contributed by atoms with van der Waals surface area (Å²) in [5.41, 5.74) is 1.36. The molecule has 5 heteroatoms. The van der Waals surface area contributed by atoms with E-state index in [1.54, 1.807) is 41.1 Å². The van der Waals surface area contributed by atoms with Crippen molar-refractivity contribution < 1.29 is 9.18 Å². The third-order valence-corrected chi connectivity index (χ3v) is 4.67. The van der Waals surface area contributed by atoms with Crippen LogP contribution in [-0.2, 0) is 11.3 Å². The molecule has 1 heterocycles. The van der Waals surface area contributed by atoms with E-state index in [1.807, 2.05) is 30.3 Å². The summed E-state index contributed by atoms with van der Waals surface area (Å²) in [6.07, 6.45) is 2.54. The molecule has 0 aliphatic heterocycles. The summed E-state index contributed by atoms with van der Waals surface area (Å²) in [4.78, 5) is 24.2. The van der Waals surface area contributed by atoms with Crippen molar-refractivity contribution >= 4 is 5.91 Å². The Hall–Kier alpha value is -3.21. The van der Waals surface area contributed by atoms with E-state index in [-0.39, 0.29) is 29.6 Å². The zero-order chi connectivity index (χ0) is 19.8. The Labute approximate surface area is 163 Å². The van der Waals surface area contributed by atoms with Gasteiger partial charge in [0.25, 0.3) is 0 Å². The number of aromatic nitrogens is 1. The maximum atomic E-state index is 14.3. The van der Waals surface area contributed by atoms with Crippen molar-refractivity contribution in [1.82, 2.24) is 9.88 Å². The van der Waals surface area contributed by atoms with Crippen LogP contribution in [0.5, 0.6) is 0 Å². The summed E-state index contributed by atoms with van der Waals surface area (Å²) in [6, 6.07) is 21.1. The normalized spacial score (nSPS) is 11.8. The van der Waals surface area contributed by atoms with Gasteiger partial charge in [-0.25, -0.2) is 4.39 Å². The van der Waals surface area contributed by atoms with Gasteiger partial charge in [-0.05, 0) is 29.7 Å². The summed E-state index contributed by atoms with van der Waals surface area (Å²) in [5.74, 6) is -0.802. The molecule has 4 nitrogen and oxygen atoms in total. The molecule has 2 aromatic carbocycles. The first-order valence-electron chi connectivity index (χ1n) is 9.36. The highest BCUT2D eigenvalue weighted by Crippen LogP contribution is 2.29. The Balaban J connectivity index is 1.61. The van der Waals surface area contributed by atoms with Crippen molar-refractivity contribution in [2.45, 2.75) is 25.3 Å². The molecule has 3 rings (SSSR count). The van der Waals surface area contributed by atoms with Crippen LogP contribution in [0.1, 0.15) is 29.9 Å². The third kappa shape index (κ3) is 5.16. The minimum Gasteiger partial charge on any atom is -0.356 e. The van der Waals surface area contributed by atoms with Crippen LogP contribution in [-0.4, -0.2) is 17.0 Å². The number of benzene rings is 2. The van der Waals surface area contributed by atoms with Gasteiger partial charge >= 0.3 is 0 Å². The van der Waals surface area contributed by atoms with Crippen molar-refractivity contribution in [2.75, 3.05) is 6.54 Å². The van der Waals surface area contributed by atoms with Crippen molar-refractivity contribution in [2.24, 2.45) is 0 Å². The van der Waals surface area contributed by atoms with Gasteiger partial charge in [0.05, 0.1) is 0 Å². The second kappa shape index (κ2) is 9.65. The summed E-state index contributed by atoms with van der Waals surface area (Å²) in [5, 5.41) is 2.89. The highest BCUT2D eigenvalue weighted by atomic mass is 19.1. The van der Waals surface area contributed by atoms with Crippen molar-refractivity contribution in [1.29, 1.82) is 0 Å². The molecular formula is C23H23FN2O2. The lowest BCUT2D eigenvalue weighted by atomic mass is 9.88. The first kappa shape index (κ1) is 19.5. The molecule has 0 aliphatic carbocycles. The quantitative estimate of drug-likeness (QED) is 0.608. The highest BCUT2D eigenvalue weighted by molar-refractivity contribution is 5.77. The molecule has 0 fully saturated rings. The lowest BCUT2D eigenvalue weighted by Crippen LogP contribution is -2.28. The molecule has 1 amide bonds. The Morgan fingerprint density at radius 1 is 0.964 bits per heavy atom. The lowest BCUT2D eigenvalue weighted by Gasteiger charge is -2.18. The first-order chi connectivity index (χ1) is 13.6. The van der Waals surface area contributed by atoms with Gasteiger partial charge in [0.2, 0.25) is 11.5 Å². The predicted octanol–water partition coefficient (Wildman–Crippen LogP) is 3.72. The maximum absolute atomic E-state index is 14.3. The number of halogens is 1. The molecule has 0 unspecified atom stereocenters. The van der Waals surface area contributed by atoms with Crippen molar-refractivity contribution in [3.05, 3.63) is 106 Å². The number of amides is 1. The second-order valence-electron chi connectivity index (χ2n) is 6.62. The van der Waals surface area contributed by atoms with Crippen LogP contribution in [0.4, 0.5) is 4.39 Å². The standard InChI is InChI=1S/C23H23FN2O2/c24-21-12-5-4-11-19(21)20(18-9-2-1-3-10-18)17-22(27)25-14-8-16-26-15-7-6-13-23(26)28/h1-7,9-13,15,20H,8,14,16-17H2,(H,25,27)/t20-/m0/s1.